The minimum atomic E-state index is 0.732. The minimum Gasteiger partial charge on any atom is -0.311 e. The number of allylic oxidation sites excluding steroid dienone is 1. The van der Waals surface area contributed by atoms with Crippen LogP contribution in [0.1, 0.15) is 37.7 Å². The Labute approximate surface area is 129 Å². The third-order valence-corrected chi connectivity index (χ3v) is 4.89. The van der Waals surface area contributed by atoms with Crippen molar-refractivity contribution >= 4 is 0 Å². The lowest BCUT2D eigenvalue weighted by Crippen LogP contribution is -2.46. The first-order chi connectivity index (χ1) is 10.4. The maximum atomic E-state index is 3.87. The lowest BCUT2D eigenvalue weighted by atomic mass is 9.98. The van der Waals surface area contributed by atoms with Crippen LogP contribution in [-0.4, -0.2) is 36.6 Å². The zero-order valence-electron chi connectivity index (χ0n) is 13.0. The molecular formula is C19H28N2. The third kappa shape index (κ3) is 4.69. The molecule has 21 heavy (non-hydrogen) atoms. The Morgan fingerprint density at radius 2 is 1.76 bits per heavy atom. The number of hydrogen-bond acceptors (Lipinski definition) is 2. The topological polar surface area (TPSA) is 15.3 Å². The van der Waals surface area contributed by atoms with Gasteiger partial charge in [-0.2, -0.15) is 0 Å². The molecule has 2 nitrogen and oxygen atoms in total. The lowest BCUT2D eigenvalue weighted by molar-refractivity contribution is 0.191. The summed E-state index contributed by atoms with van der Waals surface area (Å²) in [6.07, 6.45) is 12.3. The fourth-order valence-corrected chi connectivity index (χ4v) is 3.53. The molecule has 1 N–H and O–H groups in total. The van der Waals surface area contributed by atoms with Gasteiger partial charge in [0.25, 0.3) is 0 Å². The van der Waals surface area contributed by atoms with Gasteiger partial charge in [-0.15, -0.1) is 0 Å². The van der Waals surface area contributed by atoms with Gasteiger partial charge in [0.1, 0.15) is 0 Å². The second-order valence-electron chi connectivity index (χ2n) is 6.50. The van der Waals surface area contributed by atoms with Crippen LogP contribution < -0.4 is 5.32 Å². The van der Waals surface area contributed by atoms with E-state index in [-0.39, 0.29) is 0 Å². The first-order valence-corrected chi connectivity index (χ1v) is 8.57. The maximum absolute atomic E-state index is 3.87. The Morgan fingerprint density at radius 3 is 2.48 bits per heavy atom. The summed E-state index contributed by atoms with van der Waals surface area (Å²) >= 11 is 0. The molecule has 0 saturated carbocycles. The van der Waals surface area contributed by atoms with Gasteiger partial charge in [-0.05, 0) is 57.2 Å². The highest BCUT2D eigenvalue weighted by atomic mass is 15.1. The molecule has 1 aromatic rings. The first-order valence-electron chi connectivity index (χ1n) is 8.57. The molecule has 2 heteroatoms. The quantitative estimate of drug-likeness (QED) is 0.834. The van der Waals surface area contributed by atoms with E-state index in [1.165, 1.54) is 63.7 Å². The van der Waals surface area contributed by atoms with Gasteiger partial charge in [0, 0.05) is 18.6 Å². The van der Waals surface area contributed by atoms with Crippen molar-refractivity contribution in [1.29, 1.82) is 0 Å². The Morgan fingerprint density at radius 1 is 0.952 bits per heavy atom. The highest BCUT2D eigenvalue weighted by Gasteiger charge is 2.21. The zero-order chi connectivity index (χ0) is 14.3. The molecule has 1 aromatic carbocycles. The van der Waals surface area contributed by atoms with Crippen molar-refractivity contribution in [2.45, 2.75) is 50.6 Å². The molecule has 1 atom stereocenters. The predicted molar refractivity (Wildman–Crippen MR) is 89.5 cm³/mol. The molecule has 0 amide bonds. The Hall–Kier alpha value is -1.12. The normalized spacial score (nSPS) is 24.3. The van der Waals surface area contributed by atoms with Crippen molar-refractivity contribution < 1.29 is 0 Å². The summed E-state index contributed by atoms with van der Waals surface area (Å²) in [7, 11) is 0. The summed E-state index contributed by atoms with van der Waals surface area (Å²) in [5, 5.41) is 3.87. The minimum absolute atomic E-state index is 0.732. The van der Waals surface area contributed by atoms with Gasteiger partial charge in [-0.1, -0.05) is 42.5 Å². The molecule has 1 fully saturated rings. The van der Waals surface area contributed by atoms with Gasteiger partial charge in [0.05, 0.1) is 0 Å². The molecule has 0 aromatic heterocycles. The molecule has 114 valence electrons. The van der Waals surface area contributed by atoms with E-state index < -0.39 is 0 Å². The van der Waals surface area contributed by atoms with Crippen LogP contribution in [0.5, 0.6) is 0 Å². The molecule has 2 aliphatic rings. The van der Waals surface area contributed by atoms with E-state index >= 15 is 0 Å². The van der Waals surface area contributed by atoms with Crippen molar-refractivity contribution in [3.63, 3.8) is 0 Å². The zero-order valence-corrected chi connectivity index (χ0v) is 13.0. The standard InChI is InChI=1S/C19H28N2/c1-3-7-17(8-4-1)11-14-21-15-12-19(13-16-21)20-18-9-5-2-6-10-18/h1-5,7-8,18-20H,6,9-16H2. The van der Waals surface area contributed by atoms with Gasteiger partial charge >= 0.3 is 0 Å². The fourth-order valence-electron chi connectivity index (χ4n) is 3.53. The molecule has 0 radical (unpaired) electrons. The molecular weight excluding hydrogens is 256 g/mol. The van der Waals surface area contributed by atoms with Crippen LogP contribution in [-0.2, 0) is 6.42 Å². The lowest BCUT2D eigenvalue weighted by Gasteiger charge is -2.35. The summed E-state index contributed by atoms with van der Waals surface area (Å²) in [6.45, 7) is 3.73. The molecule has 1 aliphatic carbocycles. The highest BCUT2D eigenvalue weighted by molar-refractivity contribution is 5.14. The summed E-state index contributed by atoms with van der Waals surface area (Å²) < 4.78 is 0. The number of nitrogens with one attached hydrogen (secondary N) is 1. The number of hydrogen-bond donors (Lipinski definition) is 1. The van der Waals surface area contributed by atoms with E-state index in [1.807, 2.05) is 0 Å². The molecule has 0 spiro atoms. The van der Waals surface area contributed by atoms with Crippen molar-refractivity contribution in [1.82, 2.24) is 10.2 Å². The Bertz CT molecular complexity index is 432. The van der Waals surface area contributed by atoms with Crippen molar-refractivity contribution in [2.75, 3.05) is 19.6 Å². The van der Waals surface area contributed by atoms with E-state index in [2.05, 4.69) is 52.7 Å². The maximum Gasteiger partial charge on any atom is 0.0107 e. The Kier molecular flexibility index (Phi) is 5.47. The van der Waals surface area contributed by atoms with E-state index in [1.54, 1.807) is 0 Å². The van der Waals surface area contributed by atoms with E-state index in [0.717, 1.165) is 12.1 Å². The largest absolute Gasteiger partial charge is 0.311 e. The van der Waals surface area contributed by atoms with Crippen molar-refractivity contribution in [2.24, 2.45) is 0 Å². The average Bonchev–Trinajstić information content (AvgIpc) is 2.56. The fraction of sp³-hybridized carbons (Fsp3) is 0.579. The average molecular weight is 284 g/mol. The van der Waals surface area contributed by atoms with Crippen LogP contribution in [0, 0.1) is 0 Å². The smallest absolute Gasteiger partial charge is 0.0107 e. The van der Waals surface area contributed by atoms with Crippen molar-refractivity contribution in [3.8, 4) is 0 Å². The van der Waals surface area contributed by atoms with Gasteiger partial charge in [0.15, 0.2) is 0 Å². The predicted octanol–water partition coefficient (Wildman–Crippen LogP) is 3.39. The first kappa shape index (κ1) is 14.8. The SMILES string of the molecule is C1=CCC(NC2CCN(CCc3ccccc3)CC2)CC1. The summed E-state index contributed by atoms with van der Waals surface area (Å²) in [6, 6.07) is 12.3. The van der Waals surface area contributed by atoms with E-state index in [9.17, 15) is 0 Å². The van der Waals surface area contributed by atoms with E-state index in [4.69, 9.17) is 0 Å². The van der Waals surface area contributed by atoms with E-state index in [0.29, 0.717) is 0 Å². The number of likely N-dealkylation sites (tertiary alicyclic amines) is 1. The van der Waals surface area contributed by atoms with Gasteiger partial charge < -0.3 is 10.2 Å². The van der Waals surface area contributed by atoms with Crippen LogP contribution in [0.2, 0.25) is 0 Å². The molecule has 1 heterocycles. The van der Waals surface area contributed by atoms with Gasteiger partial charge in [0.2, 0.25) is 0 Å². The van der Waals surface area contributed by atoms with Crippen LogP contribution in [0.25, 0.3) is 0 Å². The van der Waals surface area contributed by atoms with Crippen LogP contribution in [0.3, 0.4) is 0 Å². The summed E-state index contributed by atoms with van der Waals surface area (Å²) in [5.74, 6) is 0. The third-order valence-electron chi connectivity index (χ3n) is 4.89. The summed E-state index contributed by atoms with van der Waals surface area (Å²) in [5.41, 5.74) is 1.46. The second-order valence-corrected chi connectivity index (χ2v) is 6.50. The molecule has 0 bridgehead atoms. The summed E-state index contributed by atoms with van der Waals surface area (Å²) in [4.78, 5) is 2.63. The van der Waals surface area contributed by atoms with Crippen LogP contribution in [0.4, 0.5) is 0 Å². The van der Waals surface area contributed by atoms with Crippen LogP contribution in [0.15, 0.2) is 42.5 Å². The van der Waals surface area contributed by atoms with Crippen LogP contribution >= 0.6 is 0 Å². The second kappa shape index (κ2) is 7.77. The van der Waals surface area contributed by atoms with Crippen molar-refractivity contribution in [3.05, 3.63) is 48.0 Å². The number of piperidine rings is 1. The molecule has 1 aliphatic heterocycles. The molecule has 3 rings (SSSR count). The van der Waals surface area contributed by atoms with Gasteiger partial charge in [-0.25, -0.2) is 0 Å². The molecule has 1 saturated heterocycles. The number of benzene rings is 1. The van der Waals surface area contributed by atoms with Gasteiger partial charge in [-0.3, -0.25) is 0 Å². The highest BCUT2D eigenvalue weighted by Crippen LogP contribution is 2.16. The number of nitrogens with zero attached hydrogens (tertiary/aromatic N) is 1. The monoisotopic (exact) mass is 284 g/mol. The molecule has 1 unspecified atom stereocenters. The Balaban J connectivity index is 1.36. The number of rotatable bonds is 5.